The van der Waals surface area contributed by atoms with Crippen molar-refractivity contribution in [1.29, 1.82) is 0 Å². The zero-order chi connectivity index (χ0) is 17.3. The maximum atomic E-state index is 13.0. The third kappa shape index (κ3) is 3.24. The number of aromatic nitrogens is 2. The molecule has 0 spiro atoms. The number of rotatable bonds is 4. The molecule has 0 bridgehead atoms. The lowest BCUT2D eigenvalue weighted by atomic mass is 9.94. The second-order valence-electron chi connectivity index (χ2n) is 6.61. The van der Waals surface area contributed by atoms with Gasteiger partial charge in [-0.25, -0.2) is 4.98 Å². The molecule has 0 aromatic carbocycles. The molecule has 1 aliphatic heterocycles. The SMILES string of the molecule is CCc1csc([C@H]2CCCN(C(=O)[C@H](C)c3c(C)noc3C)C2)n1. The lowest BCUT2D eigenvalue weighted by molar-refractivity contribution is -0.133. The molecule has 0 radical (unpaired) electrons. The number of nitrogens with zero attached hydrogens (tertiary/aromatic N) is 3. The third-order valence-electron chi connectivity index (χ3n) is 4.91. The highest BCUT2D eigenvalue weighted by Gasteiger charge is 2.31. The lowest BCUT2D eigenvalue weighted by Gasteiger charge is -2.33. The van der Waals surface area contributed by atoms with E-state index < -0.39 is 0 Å². The van der Waals surface area contributed by atoms with Crippen LogP contribution in [-0.4, -0.2) is 34.0 Å². The fraction of sp³-hybridized carbons (Fsp3) is 0.611. The van der Waals surface area contributed by atoms with Crippen LogP contribution < -0.4 is 0 Å². The summed E-state index contributed by atoms with van der Waals surface area (Å²) in [5.41, 5.74) is 2.90. The molecule has 0 unspecified atom stereocenters. The molecular weight excluding hydrogens is 322 g/mol. The molecule has 1 aliphatic rings. The first-order chi connectivity index (χ1) is 11.5. The molecule has 0 aliphatic carbocycles. The lowest BCUT2D eigenvalue weighted by Crippen LogP contribution is -2.41. The molecular formula is C18H25N3O2S. The summed E-state index contributed by atoms with van der Waals surface area (Å²) in [7, 11) is 0. The first kappa shape index (κ1) is 17.1. The minimum Gasteiger partial charge on any atom is -0.361 e. The Morgan fingerprint density at radius 3 is 2.92 bits per heavy atom. The molecule has 0 N–H and O–H groups in total. The van der Waals surface area contributed by atoms with Gasteiger partial charge in [0.1, 0.15) is 5.76 Å². The van der Waals surface area contributed by atoms with Crippen molar-refractivity contribution >= 4 is 17.2 Å². The van der Waals surface area contributed by atoms with Crippen molar-refractivity contribution in [2.24, 2.45) is 0 Å². The Kier molecular flexibility index (Phi) is 5.04. The number of carbonyl (C=O) groups is 1. The number of hydrogen-bond donors (Lipinski definition) is 0. The van der Waals surface area contributed by atoms with Crippen LogP contribution in [0.4, 0.5) is 0 Å². The third-order valence-corrected chi connectivity index (χ3v) is 5.96. The van der Waals surface area contributed by atoms with Gasteiger partial charge in [0, 0.05) is 30.0 Å². The van der Waals surface area contributed by atoms with Gasteiger partial charge in [-0.2, -0.15) is 0 Å². The predicted octanol–water partition coefficient (Wildman–Crippen LogP) is 3.82. The van der Waals surface area contributed by atoms with Crippen molar-refractivity contribution in [2.45, 2.75) is 58.8 Å². The Bertz CT molecular complexity index is 702. The van der Waals surface area contributed by atoms with Crippen LogP contribution in [0.15, 0.2) is 9.90 Å². The van der Waals surface area contributed by atoms with E-state index in [9.17, 15) is 4.79 Å². The summed E-state index contributed by atoms with van der Waals surface area (Å²) in [4.78, 5) is 19.7. The monoisotopic (exact) mass is 347 g/mol. The van der Waals surface area contributed by atoms with Crippen LogP contribution in [-0.2, 0) is 11.2 Å². The van der Waals surface area contributed by atoms with Crippen molar-refractivity contribution in [3.05, 3.63) is 33.1 Å². The van der Waals surface area contributed by atoms with E-state index in [1.165, 1.54) is 5.01 Å². The topological polar surface area (TPSA) is 59.2 Å². The van der Waals surface area contributed by atoms with Gasteiger partial charge < -0.3 is 9.42 Å². The fourth-order valence-corrected chi connectivity index (χ4v) is 4.59. The molecule has 2 atom stereocenters. The molecule has 5 nitrogen and oxygen atoms in total. The average Bonchev–Trinajstić information content (AvgIpc) is 3.20. The number of thiazole rings is 1. The van der Waals surface area contributed by atoms with E-state index in [2.05, 4.69) is 17.5 Å². The Balaban J connectivity index is 1.73. The molecule has 2 aromatic heterocycles. The molecule has 1 amide bonds. The smallest absolute Gasteiger partial charge is 0.230 e. The summed E-state index contributed by atoms with van der Waals surface area (Å²) in [6, 6.07) is 0. The van der Waals surface area contributed by atoms with E-state index in [-0.39, 0.29) is 11.8 Å². The van der Waals surface area contributed by atoms with E-state index in [4.69, 9.17) is 9.51 Å². The van der Waals surface area contributed by atoms with Gasteiger partial charge in [-0.1, -0.05) is 12.1 Å². The Morgan fingerprint density at radius 1 is 1.50 bits per heavy atom. The zero-order valence-electron chi connectivity index (χ0n) is 14.8. The van der Waals surface area contributed by atoms with E-state index in [0.717, 1.165) is 55.1 Å². The first-order valence-corrected chi connectivity index (χ1v) is 9.55. The van der Waals surface area contributed by atoms with Crippen LogP contribution in [0.25, 0.3) is 0 Å². The normalized spacial score (nSPS) is 19.5. The number of carbonyl (C=O) groups excluding carboxylic acids is 1. The highest BCUT2D eigenvalue weighted by atomic mass is 32.1. The number of amides is 1. The molecule has 1 fully saturated rings. The van der Waals surface area contributed by atoms with E-state index >= 15 is 0 Å². The Labute approximate surface area is 147 Å². The molecule has 1 saturated heterocycles. The Morgan fingerprint density at radius 2 is 2.29 bits per heavy atom. The van der Waals surface area contributed by atoms with Gasteiger partial charge in [-0.05, 0) is 40.0 Å². The van der Waals surface area contributed by atoms with Gasteiger partial charge in [0.15, 0.2) is 0 Å². The number of piperidine rings is 1. The van der Waals surface area contributed by atoms with Gasteiger partial charge in [-0.3, -0.25) is 4.79 Å². The molecule has 3 rings (SSSR count). The number of aryl methyl sites for hydroxylation is 3. The molecule has 0 saturated carbocycles. The van der Waals surface area contributed by atoms with Gasteiger partial charge in [0.25, 0.3) is 0 Å². The van der Waals surface area contributed by atoms with Crippen LogP contribution >= 0.6 is 11.3 Å². The summed E-state index contributed by atoms with van der Waals surface area (Å²) >= 11 is 1.73. The molecule has 130 valence electrons. The second-order valence-corrected chi connectivity index (χ2v) is 7.50. The van der Waals surface area contributed by atoms with Crippen molar-refractivity contribution in [2.75, 3.05) is 13.1 Å². The summed E-state index contributed by atoms with van der Waals surface area (Å²) in [5.74, 6) is 1.07. The minimum atomic E-state index is -0.211. The van der Waals surface area contributed by atoms with Crippen molar-refractivity contribution < 1.29 is 9.32 Å². The highest BCUT2D eigenvalue weighted by molar-refractivity contribution is 7.09. The summed E-state index contributed by atoms with van der Waals surface area (Å²) < 4.78 is 5.23. The van der Waals surface area contributed by atoms with Crippen molar-refractivity contribution in [3.63, 3.8) is 0 Å². The first-order valence-electron chi connectivity index (χ1n) is 8.67. The zero-order valence-corrected chi connectivity index (χ0v) is 15.7. The van der Waals surface area contributed by atoms with Crippen molar-refractivity contribution in [3.8, 4) is 0 Å². The van der Waals surface area contributed by atoms with Gasteiger partial charge >= 0.3 is 0 Å². The summed E-state index contributed by atoms with van der Waals surface area (Å²) in [5, 5.41) is 7.30. The van der Waals surface area contributed by atoms with Crippen LogP contribution in [0.2, 0.25) is 0 Å². The minimum absolute atomic E-state index is 0.168. The van der Waals surface area contributed by atoms with Gasteiger partial charge in [-0.15, -0.1) is 11.3 Å². The highest BCUT2D eigenvalue weighted by Crippen LogP contribution is 2.32. The number of likely N-dealkylation sites (tertiary alicyclic amines) is 1. The largest absolute Gasteiger partial charge is 0.361 e. The second kappa shape index (κ2) is 7.05. The van der Waals surface area contributed by atoms with E-state index in [1.54, 1.807) is 11.3 Å². The molecule has 6 heteroatoms. The quantitative estimate of drug-likeness (QED) is 0.843. The molecule has 2 aromatic rings. The fourth-order valence-electron chi connectivity index (χ4n) is 3.56. The van der Waals surface area contributed by atoms with Crippen molar-refractivity contribution in [1.82, 2.24) is 15.0 Å². The summed E-state index contributed by atoms with van der Waals surface area (Å²) in [6.45, 7) is 9.45. The van der Waals surface area contributed by atoms with Crippen LogP contribution in [0, 0.1) is 13.8 Å². The Hall–Kier alpha value is -1.69. The summed E-state index contributed by atoms with van der Waals surface area (Å²) in [6.07, 6.45) is 3.11. The maximum absolute atomic E-state index is 13.0. The van der Waals surface area contributed by atoms with Crippen LogP contribution in [0.3, 0.4) is 0 Å². The standard InChI is InChI=1S/C18H25N3O2S/c1-5-15-10-24-17(19-15)14-7-6-8-21(9-14)18(22)11(2)16-12(3)20-23-13(16)4/h10-11,14H,5-9H2,1-4H3/t11-,14+/m1/s1. The predicted molar refractivity (Wildman–Crippen MR) is 94.4 cm³/mol. The number of hydrogen-bond acceptors (Lipinski definition) is 5. The van der Waals surface area contributed by atoms with Gasteiger partial charge in [0.05, 0.1) is 22.3 Å². The average molecular weight is 347 g/mol. The molecule has 24 heavy (non-hydrogen) atoms. The van der Waals surface area contributed by atoms with E-state index in [1.807, 2.05) is 25.7 Å². The molecule has 3 heterocycles. The van der Waals surface area contributed by atoms with Gasteiger partial charge in [0.2, 0.25) is 5.91 Å². The van der Waals surface area contributed by atoms with E-state index in [0.29, 0.717) is 5.92 Å². The van der Waals surface area contributed by atoms with Crippen LogP contribution in [0.1, 0.15) is 66.2 Å². The maximum Gasteiger partial charge on any atom is 0.230 e. The van der Waals surface area contributed by atoms with Crippen LogP contribution in [0.5, 0.6) is 0 Å².